The number of carbonyl (C=O) groups is 3. The Labute approximate surface area is 160 Å². The Hall–Kier alpha value is -2.43. The molecule has 0 aromatic heterocycles. The van der Waals surface area contributed by atoms with Gasteiger partial charge in [-0.05, 0) is 37.2 Å². The second kappa shape index (κ2) is 8.07. The lowest BCUT2D eigenvalue weighted by atomic mass is 10.1. The fraction of sp³-hybridized carbons (Fsp3) is 0.500. The molecule has 1 fully saturated rings. The standard InChI is InChI=1S/C22H28O5/c1-7-8-9-10-15-14(3)18(12-17(15)23)27-21(25)19-16(22(19,4)5)11-13(2)20(24)26-6/h7-9,11,16,18-19H,1,10,12H2,2-6H3/b9-8+,13-11+/t16?,18?,19-/m0/s1. The lowest BCUT2D eigenvalue weighted by molar-refractivity contribution is -0.150. The maximum Gasteiger partial charge on any atom is 0.333 e. The Morgan fingerprint density at radius 2 is 2.00 bits per heavy atom. The summed E-state index contributed by atoms with van der Waals surface area (Å²) < 4.78 is 10.4. The third-order valence-electron chi connectivity index (χ3n) is 5.62. The molecule has 0 spiro atoms. The predicted octanol–water partition coefficient (Wildman–Crippen LogP) is 3.71. The number of rotatable bonds is 7. The number of methoxy groups -OCH3 is 1. The van der Waals surface area contributed by atoms with Gasteiger partial charge in [0.1, 0.15) is 6.10 Å². The molecule has 2 aliphatic carbocycles. The highest BCUT2D eigenvalue weighted by molar-refractivity contribution is 6.00. The summed E-state index contributed by atoms with van der Waals surface area (Å²) in [5.41, 5.74) is 1.72. The van der Waals surface area contributed by atoms with Crippen molar-refractivity contribution in [2.75, 3.05) is 7.11 Å². The van der Waals surface area contributed by atoms with Crippen LogP contribution >= 0.6 is 0 Å². The van der Waals surface area contributed by atoms with E-state index in [9.17, 15) is 14.4 Å². The van der Waals surface area contributed by atoms with E-state index in [4.69, 9.17) is 9.47 Å². The van der Waals surface area contributed by atoms with E-state index < -0.39 is 12.1 Å². The van der Waals surface area contributed by atoms with Gasteiger partial charge in [-0.25, -0.2) is 4.79 Å². The smallest absolute Gasteiger partial charge is 0.333 e. The van der Waals surface area contributed by atoms with E-state index in [1.165, 1.54) is 7.11 Å². The fourth-order valence-electron chi connectivity index (χ4n) is 3.70. The summed E-state index contributed by atoms with van der Waals surface area (Å²) in [6, 6.07) is 0. The Morgan fingerprint density at radius 1 is 1.33 bits per heavy atom. The first-order valence-electron chi connectivity index (χ1n) is 9.12. The summed E-state index contributed by atoms with van der Waals surface area (Å²) in [6.45, 7) is 11.1. The van der Waals surface area contributed by atoms with Gasteiger partial charge in [0.25, 0.3) is 0 Å². The molecular formula is C22H28O5. The van der Waals surface area contributed by atoms with Crippen LogP contribution in [-0.2, 0) is 23.9 Å². The normalized spacial score (nSPS) is 27.1. The topological polar surface area (TPSA) is 69.7 Å². The van der Waals surface area contributed by atoms with Crippen LogP contribution in [0.2, 0.25) is 0 Å². The van der Waals surface area contributed by atoms with E-state index in [0.717, 1.165) is 5.57 Å². The van der Waals surface area contributed by atoms with E-state index in [2.05, 4.69) is 6.58 Å². The minimum absolute atomic E-state index is 0.0204. The third-order valence-corrected chi connectivity index (χ3v) is 5.62. The molecule has 3 atom stereocenters. The SMILES string of the molecule is C=C/C=C/CC1=C(C)C(OC(=O)[C@@H]2C(/C=C(\C)C(=O)OC)C2(C)C)CC1=O. The number of carbonyl (C=O) groups excluding carboxylic acids is 3. The van der Waals surface area contributed by atoms with Crippen molar-refractivity contribution in [2.24, 2.45) is 17.3 Å². The minimum Gasteiger partial charge on any atom is -0.466 e. The van der Waals surface area contributed by atoms with Gasteiger partial charge in [-0.3, -0.25) is 9.59 Å². The summed E-state index contributed by atoms with van der Waals surface area (Å²) >= 11 is 0. The largest absolute Gasteiger partial charge is 0.466 e. The maximum atomic E-state index is 12.7. The van der Waals surface area contributed by atoms with Crippen molar-refractivity contribution in [1.29, 1.82) is 0 Å². The molecule has 0 radical (unpaired) electrons. The molecule has 5 heteroatoms. The Kier molecular flexibility index (Phi) is 6.24. The Balaban J connectivity index is 2.07. The molecular weight excluding hydrogens is 344 g/mol. The van der Waals surface area contributed by atoms with Crippen LogP contribution in [0.3, 0.4) is 0 Å². The summed E-state index contributed by atoms with van der Waals surface area (Å²) in [5, 5.41) is 0. The zero-order valence-electron chi connectivity index (χ0n) is 16.7. The summed E-state index contributed by atoms with van der Waals surface area (Å²) in [7, 11) is 1.33. The van der Waals surface area contributed by atoms with Crippen LogP contribution in [0.5, 0.6) is 0 Å². The zero-order valence-corrected chi connectivity index (χ0v) is 16.7. The van der Waals surface area contributed by atoms with E-state index in [0.29, 0.717) is 17.6 Å². The molecule has 5 nitrogen and oxygen atoms in total. The lowest BCUT2D eigenvalue weighted by Crippen LogP contribution is -2.20. The van der Waals surface area contributed by atoms with Crippen LogP contribution in [0.4, 0.5) is 0 Å². The average molecular weight is 372 g/mol. The highest BCUT2D eigenvalue weighted by atomic mass is 16.5. The molecule has 0 aliphatic heterocycles. The first kappa shape index (κ1) is 20.9. The summed E-state index contributed by atoms with van der Waals surface area (Å²) in [6.07, 6.45) is 7.32. The molecule has 0 bridgehead atoms. The molecule has 2 unspecified atom stereocenters. The van der Waals surface area contributed by atoms with Crippen LogP contribution in [-0.4, -0.2) is 30.9 Å². The van der Waals surface area contributed by atoms with Crippen molar-refractivity contribution in [2.45, 2.75) is 46.6 Å². The molecule has 1 saturated carbocycles. The van der Waals surface area contributed by atoms with Gasteiger partial charge in [-0.15, -0.1) is 0 Å². The molecule has 0 saturated heterocycles. The first-order chi connectivity index (χ1) is 12.6. The van der Waals surface area contributed by atoms with Crippen molar-refractivity contribution < 1.29 is 23.9 Å². The molecule has 0 amide bonds. The second-order valence-corrected chi connectivity index (χ2v) is 7.75. The Bertz CT molecular complexity index is 751. The average Bonchev–Trinajstić information content (AvgIpc) is 3.05. The number of ketones is 1. The highest BCUT2D eigenvalue weighted by Crippen LogP contribution is 2.60. The van der Waals surface area contributed by atoms with Gasteiger partial charge in [0, 0.05) is 11.1 Å². The number of allylic oxidation sites excluding steroid dienone is 5. The minimum atomic E-state index is -0.500. The molecule has 146 valence electrons. The third kappa shape index (κ3) is 4.29. The van der Waals surface area contributed by atoms with Crippen LogP contribution < -0.4 is 0 Å². The highest BCUT2D eigenvalue weighted by Gasteiger charge is 2.62. The fourth-order valence-corrected chi connectivity index (χ4v) is 3.70. The maximum absolute atomic E-state index is 12.7. The Morgan fingerprint density at radius 3 is 2.59 bits per heavy atom. The quantitative estimate of drug-likeness (QED) is 0.387. The van der Waals surface area contributed by atoms with E-state index in [-0.39, 0.29) is 35.4 Å². The van der Waals surface area contributed by atoms with Gasteiger partial charge in [-0.1, -0.05) is 44.7 Å². The summed E-state index contributed by atoms with van der Waals surface area (Å²) in [5.74, 6) is -1.11. The van der Waals surface area contributed by atoms with Crippen LogP contribution in [0, 0.1) is 17.3 Å². The van der Waals surface area contributed by atoms with E-state index in [1.54, 1.807) is 25.2 Å². The second-order valence-electron chi connectivity index (χ2n) is 7.75. The van der Waals surface area contributed by atoms with Crippen molar-refractivity contribution in [3.8, 4) is 0 Å². The number of esters is 2. The van der Waals surface area contributed by atoms with Crippen molar-refractivity contribution in [3.05, 3.63) is 47.6 Å². The van der Waals surface area contributed by atoms with Gasteiger partial charge < -0.3 is 9.47 Å². The van der Waals surface area contributed by atoms with Crippen molar-refractivity contribution in [3.63, 3.8) is 0 Å². The van der Waals surface area contributed by atoms with E-state index in [1.807, 2.05) is 26.8 Å². The van der Waals surface area contributed by atoms with Crippen LogP contribution in [0.25, 0.3) is 0 Å². The van der Waals surface area contributed by atoms with E-state index >= 15 is 0 Å². The van der Waals surface area contributed by atoms with Crippen molar-refractivity contribution >= 4 is 17.7 Å². The van der Waals surface area contributed by atoms with Gasteiger partial charge in [0.15, 0.2) is 5.78 Å². The molecule has 27 heavy (non-hydrogen) atoms. The van der Waals surface area contributed by atoms with Crippen LogP contribution in [0.15, 0.2) is 47.6 Å². The number of Topliss-reactive ketones (excluding diaryl/α,β-unsaturated/α-hetero) is 1. The zero-order chi connectivity index (χ0) is 20.4. The van der Waals surface area contributed by atoms with Gasteiger partial charge in [-0.2, -0.15) is 0 Å². The molecule has 0 aromatic carbocycles. The van der Waals surface area contributed by atoms with Gasteiger partial charge in [0.2, 0.25) is 0 Å². The molecule has 2 aliphatic rings. The van der Waals surface area contributed by atoms with Crippen LogP contribution in [0.1, 0.15) is 40.5 Å². The predicted molar refractivity (Wildman–Crippen MR) is 103 cm³/mol. The number of ether oxygens (including phenoxy) is 2. The van der Waals surface area contributed by atoms with Gasteiger partial charge >= 0.3 is 11.9 Å². The molecule has 0 heterocycles. The number of hydrogen-bond donors (Lipinski definition) is 0. The van der Waals surface area contributed by atoms with Gasteiger partial charge in [0.05, 0.1) is 19.4 Å². The monoisotopic (exact) mass is 372 g/mol. The molecule has 2 rings (SSSR count). The molecule has 0 aromatic rings. The number of hydrogen-bond acceptors (Lipinski definition) is 5. The summed E-state index contributed by atoms with van der Waals surface area (Å²) in [4.78, 5) is 36.5. The lowest BCUT2D eigenvalue weighted by Gasteiger charge is -2.13. The van der Waals surface area contributed by atoms with Crippen molar-refractivity contribution in [1.82, 2.24) is 0 Å². The molecule has 0 N–H and O–H groups in total. The first-order valence-corrected chi connectivity index (χ1v) is 9.12.